The van der Waals surface area contributed by atoms with Crippen LogP contribution in [0.4, 0.5) is 0 Å². The summed E-state index contributed by atoms with van der Waals surface area (Å²) in [5.41, 5.74) is 0. The Morgan fingerprint density at radius 1 is 1.64 bits per heavy atom. The van der Waals surface area contributed by atoms with Crippen LogP contribution in [0.3, 0.4) is 0 Å². The molecule has 60 valence electrons. The number of terminal acetylenes is 1. The molecule has 0 N–H and O–H groups in total. The van der Waals surface area contributed by atoms with Gasteiger partial charge in [-0.25, -0.2) is 0 Å². The molecule has 0 heterocycles. The summed E-state index contributed by atoms with van der Waals surface area (Å²) in [7, 11) is -0.629. The topological polar surface area (TPSA) is 35.5 Å². The van der Waals surface area contributed by atoms with Crippen LogP contribution in [-0.2, 0) is 13.6 Å². The normalized spacial score (nSPS) is 11.5. The highest BCUT2D eigenvalue weighted by Crippen LogP contribution is 2.20. The molecular formula is C7H10O3P+. The van der Waals surface area contributed by atoms with Crippen molar-refractivity contribution in [1.29, 1.82) is 0 Å². The molecule has 4 heteroatoms. The fourth-order valence-electron chi connectivity index (χ4n) is 0.376. The fourth-order valence-corrected chi connectivity index (χ4v) is 0.689. The molecule has 11 heavy (non-hydrogen) atoms. The van der Waals surface area contributed by atoms with Gasteiger partial charge >= 0.3 is 8.25 Å². The lowest BCUT2D eigenvalue weighted by Crippen LogP contribution is -1.80. The summed E-state index contributed by atoms with van der Waals surface area (Å²) < 4.78 is 19.5. The van der Waals surface area contributed by atoms with E-state index in [4.69, 9.17) is 6.42 Å². The Morgan fingerprint density at radius 3 is 2.91 bits per heavy atom. The standard InChI is InChI=1S/C7H10O3P/c1-3-4-5-6-7-10-11(8)9-2/h1,5-6H,4,7H2,2H3/q+1. The Balaban J connectivity index is 3.28. The van der Waals surface area contributed by atoms with E-state index in [2.05, 4.69) is 15.0 Å². The van der Waals surface area contributed by atoms with Gasteiger partial charge in [0.25, 0.3) is 0 Å². The second kappa shape index (κ2) is 7.43. The molecule has 0 spiro atoms. The summed E-state index contributed by atoms with van der Waals surface area (Å²) >= 11 is 0. The monoisotopic (exact) mass is 173 g/mol. The van der Waals surface area contributed by atoms with Crippen molar-refractivity contribution in [3.63, 3.8) is 0 Å². The van der Waals surface area contributed by atoms with E-state index in [9.17, 15) is 4.57 Å². The van der Waals surface area contributed by atoms with Crippen LogP contribution in [-0.4, -0.2) is 13.7 Å². The molecule has 1 atom stereocenters. The highest BCUT2D eigenvalue weighted by Gasteiger charge is 2.14. The van der Waals surface area contributed by atoms with Gasteiger partial charge in [0.1, 0.15) is 6.61 Å². The first-order chi connectivity index (χ1) is 5.31. The molecule has 0 saturated heterocycles. The van der Waals surface area contributed by atoms with Gasteiger partial charge in [0.15, 0.2) is 0 Å². The molecule has 0 aliphatic carbocycles. The first kappa shape index (κ1) is 10.3. The Labute approximate surface area is 67.3 Å². The van der Waals surface area contributed by atoms with Crippen molar-refractivity contribution < 1.29 is 13.6 Å². The van der Waals surface area contributed by atoms with E-state index in [1.165, 1.54) is 7.11 Å². The van der Waals surface area contributed by atoms with E-state index < -0.39 is 8.25 Å². The Hall–Kier alpha value is -0.680. The van der Waals surface area contributed by atoms with Gasteiger partial charge in [-0.15, -0.1) is 21.4 Å². The van der Waals surface area contributed by atoms with Gasteiger partial charge in [-0.05, 0) is 0 Å². The van der Waals surface area contributed by atoms with Crippen LogP contribution in [0.25, 0.3) is 0 Å². The zero-order chi connectivity index (χ0) is 8.53. The lowest BCUT2D eigenvalue weighted by molar-refractivity contribution is 0.279. The molecule has 0 aromatic rings. The van der Waals surface area contributed by atoms with Crippen molar-refractivity contribution in [3.8, 4) is 12.3 Å². The van der Waals surface area contributed by atoms with E-state index in [0.717, 1.165) is 0 Å². The van der Waals surface area contributed by atoms with Crippen LogP contribution in [0.2, 0.25) is 0 Å². The summed E-state index contributed by atoms with van der Waals surface area (Å²) in [6.45, 7) is 0.269. The van der Waals surface area contributed by atoms with Gasteiger partial charge < -0.3 is 0 Å². The van der Waals surface area contributed by atoms with Crippen molar-refractivity contribution in [2.24, 2.45) is 0 Å². The van der Waals surface area contributed by atoms with Crippen molar-refractivity contribution in [3.05, 3.63) is 12.2 Å². The van der Waals surface area contributed by atoms with Crippen LogP contribution < -0.4 is 0 Å². The van der Waals surface area contributed by atoms with E-state index in [1.54, 1.807) is 12.2 Å². The van der Waals surface area contributed by atoms with Gasteiger partial charge in [0, 0.05) is 11.0 Å². The summed E-state index contributed by atoms with van der Waals surface area (Å²) in [6.07, 6.45) is 9.00. The third-order valence-electron chi connectivity index (χ3n) is 0.828. The summed E-state index contributed by atoms with van der Waals surface area (Å²) in [5, 5.41) is 0. The van der Waals surface area contributed by atoms with Crippen LogP contribution in [0.1, 0.15) is 6.42 Å². The minimum atomic E-state index is -1.95. The van der Waals surface area contributed by atoms with Gasteiger partial charge in [0.2, 0.25) is 0 Å². The predicted octanol–water partition coefficient (Wildman–Crippen LogP) is 1.89. The SMILES string of the molecule is C#CCC=CCO[P+](=O)OC. The minimum Gasteiger partial charge on any atom is -0.122 e. The lowest BCUT2D eigenvalue weighted by Gasteiger charge is -1.80. The average Bonchev–Trinajstić information content (AvgIpc) is 2.04. The third-order valence-corrected chi connectivity index (χ3v) is 1.49. The second-order valence-electron chi connectivity index (χ2n) is 1.58. The zero-order valence-corrected chi connectivity index (χ0v) is 7.21. The number of rotatable bonds is 5. The molecule has 0 aliphatic heterocycles. The average molecular weight is 173 g/mol. The van der Waals surface area contributed by atoms with Gasteiger partial charge in [-0.2, -0.15) is 0 Å². The molecule has 0 radical (unpaired) electrons. The van der Waals surface area contributed by atoms with Crippen LogP contribution in [0.15, 0.2) is 12.2 Å². The largest absolute Gasteiger partial charge is 0.697 e. The Bertz CT molecular complexity index is 181. The van der Waals surface area contributed by atoms with Crippen molar-refractivity contribution in [2.45, 2.75) is 6.42 Å². The summed E-state index contributed by atoms with van der Waals surface area (Å²) in [4.78, 5) is 0. The van der Waals surface area contributed by atoms with Crippen LogP contribution in [0.5, 0.6) is 0 Å². The molecule has 0 aromatic carbocycles. The Kier molecular flexibility index (Phi) is 6.97. The highest BCUT2D eigenvalue weighted by molar-refractivity contribution is 7.33. The number of hydrogen-bond donors (Lipinski definition) is 0. The molecule has 0 amide bonds. The molecule has 1 unspecified atom stereocenters. The van der Waals surface area contributed by atoms with Crippen molar-refractivity contribution in [2.75, 3.05) is 13.7 Å². The van der Waals surface area contributed by atoms with Gasteiger partial charge in [-0.3, -0.25) is 0 Å². The number of allylic oxidation sites excluding steroid dienone is 1. The summed E-state index contributed by atoms with van der Waals surface area (Å²) in [5.74, 6) is 2.42. The van der Waals surface area contributed by atoms with Crippen LogP contribution >= 0.6 is 8.25 Å². The first-order valence-electron chi connectivity index (χ1n) is 3.04. The van der Waals surface area contributed by atoms with Gasteiger partial charge in [-0.1, -0.05) is 12.2 Å². The van der Waals surface area contributed by atoms with E-state index >= 15 is 0 Å². The molecule has 0 rings (SSSR count). The molecule has 0 saturated carbocycles. The molecule has 3 nitrogen and oxygen atoms in total. The van der Waals surface area contributed by atoms with E-state index in [1.807, 2.05) is 0 Å². The maximum absolute atomic E-state index is 10.5. The third kappa shape index (κ3) is 7.21. The van der Waals surface area contributed by atoms with Crippen LogP contribution in [0, 0.1) is 12.3 Å². The lowest BCUT2D eigenvalue weighted by atomic mass is 10.4. The highest BCUT2D eigenvalue weighted by atomic mass is 31.1. The smallest absolute Gasteiger partial charge is 0.122 e. The molecule has 0 fully saturated rings. The minimum absolute atomic E-state index is 0.269. The molecule has 0 aliphatic rings. The van der Waals surface area contributed by atoms with E-state index in [0.29, 0.717) is 6.42 Å². The summed E-state index contributed by atoms with van der Waals surface area (Å²) in [6, 6.07) is 0. The second-order valence-corrected chi connectivity index (χ2v) is 2.65. The molecular weight excluding hydrogens is 163 g/mol. The number of hydrogen-bond acceptors (Lipinski definition) is 3. The maximum atomic E-state index is 10.5. The van der Waals surface area contributed by atoms with E-state index in [-0.39, 0.29) is 6.61 Å². The predicted molar refractivity (Wildman–Crippen MR) is 43.2 cm³/mol. The maximum Gasteiger partial charge on any atom is 0.697 e. The fraction of sp³-hybridized carbons (Fsp3) is 0.429. The molecule has 0 bridgehead atoms. The van der Waals surface area contributed by atoms with Gasteiger partial charge in [0.05, 0.1) is 7.11 Å². The Morgan fingerprint density at radius 2 is 2.36 bits per heavy atom. The first-order valence-corrected chi connectivity index (χ1v) is 4.13. The van der Waals surface area contributed by atoms with Crippen molar-refractivity contribution in [1.82, 2.24) is 0 Å². The molecule has 0 aromatic heterocycles. The van der Waals surface area contributed by atoms with Crippen molar-refractivity contribution >= 4 is 8.25 Å². The quantitative estimate of drug-likeness (QED) is 0.361. The zero-order valence-electron chi connectivity index (χ0n) is 6.32.